The van der Waals surface area contributed by atoms with Gasteiger partial charge >= 0.3 is 5.69 Å². The quantitative estimate of drug-likeness (QED) is 0.596. The van der Waals surface area contributed by atoms with Gasteiger partial charge in [-0.15, -0.1) is 0 Å². The molecule has 0 N–H and O–H groups in total. The van der Waals surface area contributed by atoms with Crippen LogP contribution in [-0.2, 0) is 9.84 Å². The van der Waals surface area contributed by atoms with E-state index in [1.165, 1.54) is 23.1 Å². The van der Waals surface area contributed by atoms with E-state index in [1.54, 1.807) is 32.3 Å². The van der Waals surface area contributed by atoms with Crippen molar-refractivity contribution in [2.45, 2.75) is 4.90 Å². The third-order valence-electron chi connectivity index (χ3n) is 3.27. The Hall–Kier alpha value is -2.94. The molecule has 0 unspecified atom stereocenters. The summed E-state index contributed by atoms with van der Waals surface area (Å²) in [6.07, 6.45) is 0.961. The van der Waals surface area contributed by atoms with E-state index in [4.69, 9.17) is 4.74 Å². The fourth-order valence-corrected chi connectivity index (χ4v) is 2.68. The number of nitrogens with zero attached hydrogens (tertiary/aromatic N) is 2. The highest BCUT2D eigenvalue weighted by Gasteiger charge is 2.20. The number of nitro benzene ring substituents is 1. The molecular formula is C16H16N2O6S. The molecule has 2 aromatic rings. The van der Waals surface area contributed by atoms with Gasteiger partial charge in [-0.2, -0.15) is 0 Å². The molecule has 0 aliphatic heterocycles. The van der Waals surface area contributed by atoms with Gasteiger partial charge in [-0.1, -0.05) is 6.07 Å². The Balaban J connectivity index is 2.42. The topological polar surface area (TPSA) is 107 Å². The lowest BCUT2D eigenvalue weighted by molar-refractivity contribution is -0.385. The maximum Gasteiger partial charge on any atom is 0.312 e. The Morgan fingerprint density at radius 2 is 1.84 bits per heavy atom. The van der Waals surface area contributed by atoms with Gasteiger partial charge in [0, 0.05) is 32.0 Å². The van der Waals surface area contributed by atoms with Crippen molar-refractivity contribution in [3.63, 3.8) is 0 Å². The van der Waals surface area contributed by atoms with Gasteiger partial charge in [0.15, 0.2) is 9.84 Å². The fraction of sp³-hybridized carbons (Fsp3) is 0.188. The summed E-state index contributed by atoms with van der Waals surface area (Å²) in [5.41, 5.74) is -0.120. The number of rotatable bonds is 5. The van der Waals surface area contributed by atoms with Crippen LogP contribution in [0.4, 0.5) is 5.69 Å². The van der Waals surface area contributed by atoms with E-state index in [2.05, 4.69) is 0 Å². The molecule has 0 spiro atoms. The molecule has 8 nitrogen and oxygen atoms in total. The van der Waals surface area contributed by atoms with Crippen LogP contribution < -0.4 is 4.74 Å². The minimum atomic E-state index is -3.59. The lowest BCUT2D eigenvalue weighted by Gasteiger charge is -2.12. The molecule has 9 heteroatoms. The second kappa shape index (κ2) is 6.89. The predicted octanol–water partition coefficient (Wildman–Crippen LogP) is 2.49. The van der Waals surface area contributed by atoms with Crippen LogP contribution >= 0.6 is 0 Å². The summed E-state index contributed by atoms with van der Waals surface area (Å²) in [4.78, 5) is 23.7. The van der Waals surface area contributed by atoms with E-state index in [9.17, 15) is 23.3 Å². The number of hydrogen-bond acceptors (Lipinski definition) is 6. The average molecular weight is 364 g/mol. The summed E-state index contributed by atoms with van der Waals surface area (Å²) < 4.78 is 28.6. The molecule has 0 fully saturated rings. The molecule has 0 aliphatic carbocycles. The Labute approximate surface area is 144 Å². The first-order chi connectivity index (χ1) is 11.6. The molecule has 0 aromatic heterocycles. The highest BCUT2D eigenvalue weighted by molar-refractivity contribution is 7.90. The van der Waals surface area contributed by atoms with E-state index in [1.807, 2.05) is 0 Å². The number of amides is 1. The summed E-state index contributed by atoms with van der Waals surface area (Å²) in [7, 11) is -0.383. The van der Waals surface area contributed by atoms with E-state index in [-0.39, 0.29) is 22.3 Å². The second-order valence-corrected chi connectivity index (χ2v) is 7.50. The van der Waals surface area contributed by atoms with Gasteiger partial charge in [0.2, 0.25) is 5.75 Å². The number of sulfone groups is 1. The molecule has 2 rings (SSSR count). The Morgan fingerprint density at radius 3 is 2.40 bits per heavy atom. The van der Waals surface area contributed by atoms with Crippen LogP contribution in [-0.4, -0.2) is 44.5 Å². The molecule has 0 heterocycles. The molecule has 2 aromatic carbocycles. The lowest BCUT2D eigenvalue weighted by atomic mass is 10.2. The molecule has 132 valence electrons. The Kier molecular flexibility index (Phi) is 5.07. The zero-order valence-electron chi connectivity index (χ0n) is 13.8. The zero-order chi connectivity index (χ0) is 18.8. The number of benzene rings is 2. The van der Waals surface area contributed by atoms with Crippen LogP contribution in [0.3, 0.4) is 0 Å². The van der Waals surface area contributed by atoms with Gasteiger partial charge in [-0.3, -0.25) is 14.9 Å². The third kappa shape index (κ3) is 4.32. The molecule has 0 aliphatic rings. The van der Waals surface area contributed by atoms with Crippen LogP contribution in [0.15, 0.2) is 47.4 Å². The molecule has 0 saturated carbocycles. The third-order valence-corrected chi connectivity index (χ3v) is 4.38. The zero-order valence-corrected chi connectivity index (χ0v) is 14.6. The van der Waals surface area contributed by atoms with Gasteiger partial charge in [-0.05, 0) is 30.3 Å². The highest BCUT2D eigenvalue weighted by Crippen LogP contribution is 2.33. The van der Waals surface area contributed by atoms with Gasteiger partial charge in [-0.25, -0.2) is 8.42 Å². The lowest BCUT2D eigenvalue weighted by Crippen LogP contribution is -2.21. The van der Waals surface area contributed by atoms with Crippen molar-refractivity contribution >= 4 is 21.4 Å². The van der Waals surface area contributed by atoms with Crippen molar-refractivity contribution in [3.05, 3.63) is 58.1 Å². The number of nitro groups is 1. The van der Waals surface area contributed by atoms with E-state index in [0.29, 0.717) is 5.56 Å². The van der Waals surface area contributed by atoms with Crippen molar-refractivity contribution in [1.82, 2.24) is 4.90 Å². The first kappa shape index (κ1) is 18.4. The average Bonchev–Trinajstić information content (AvgIpc) is 2.53. The second-order valence-electron chi connectivity index (χ2n) is 5.49. The van der Waals surface area contributed by atoms with Crippen molar-refractivity contribution < 1.29 is 22.9 Å². The largest absolute Gasteiger partial charge is 0.450 e. The van der Waals surface area contributed by atoms with Crippen molar-refractivity contribution in [2.75, 3.05) is 20.4 Å². The molecule has 25 heavy (non-hydrogen) atoms. The van der Waals surface area contributed by atoms with Crippen molar-refractivity contribution in [2.24, 2.45) is 0 Å². The summed E-state index contributed by atoms with van der Waals surface area (Å²) in [6, 6.07) is 9.57. The summed E-state index contributed by atoms with van der Waals surface area (Å²) in [5, 5.41) is 11.2. The van der Waals surface area contributed by atoms with Gasteiger partial charge in [0.05, 0.1) is 9.82 Å². The summed E-state index contributed by atoms with van der Waals surface area (Å²) in [6.45, 7) is 0. The van der Waals surface area contributed by atoms with Crippen LogP contribution in [0.2, 0.25) is 0 Å². The predicted molar refractivity (Wildman–Crippen MR) is 90.7 cm³/mol. The van der Waals surface area contributed by atoms with Crippen molar-refractivity contribution in [3.8, 4) is 11.5 Å². The molecule has 0 saturated heterocycles. The normalized spacial score (nSPS) is 11.0. The summed E-state index contributed by atoms with van der Waals surface area (Å²) >= 11 is 0. The van der Waals surface area contributed by atoms with Gasteiger partial charge in [0.25, 0.3) is 5.91 Å². The molecule has 0 atom stereocenters. The number of ether oxygens (including phenoxy) is 1. The monoisotopic (exact) mass is 364 g/mol. The Bertz CT molecular complexity index is 937. The standard InChI is InChI=1S/C16H16N2O6S/c1-17(2)16(19)11-5-4-6-12(9-11)24-15-8-7-13(25(3,22)23)10-14(15)18(20)21/h4-10H,1-3H3. The van der Waals surface area contributed by atoms with E-state index in [0.717, 1.165) is 12.3 Å². The fourth-order valence-electron chi connectivity index (χ4n) is 2.03. The number of carbonyl (C=O) groups excluding carboxylic acids is 1. The van der Waals surface area contributed by atoms with Crippen LogP contribution in [0.1, 0.15) is 10.4 Å². The first-order valence-electron chi connectivity index (χ1n) is 7.07. The maximum absolute atomic E-state index is 12.0. The number of hydrogen-bond donors (Lipinski definition) is 0. The van der Waals surface area contributed by atoms with E-state index < -0.39 is 20.4 Å². The number of carbonyl (C=O) groups is 1. The smallest absolute Gasteiger partial charge is 0.312 e. The van der Waals surface area contributed by atoms with Crippen molar-refractivity contribution in [1.29, 1.82) is 0 Å². The molecular weight excluding hydrogens is 348 g/mol. The van der Waals surface area contributed by atoms with E-state index >= 15 is 0 Å². The van der Waals surface area contributed by atoms with Crippen LogP contribution in [0.5, 0.6) is 11.5 Å². The molecule has 1 amide bonds. The van der Waals surface area contributed by atoms with Gasteiger partial charge < -0.3 is 9.64 Å². The van der Waals surface area contributed by atoms with Crippen LogP contribution in [0.25, 0.3) is 0 Å². The van der Waals surface area contributed by atoms with Gasteiger partial charge in [0.1, 0.15) is 5.75 Å². The minimum absolute atomic E-state index is 0.119. The molecule has 0 bridgehead atoms. The maximum atomic E-state index is 12.0. The molecule has 0 radical (unpaired) electrons. The summed E-state index contributed by atoms with van der Waals surface area (Å²) in [5.74, 6) is -0.137. The Morgan fingerprint density at radius 1 is 1.16 bits per heavy atom. The first-order valence-corrected chi connectivity index (χ1v) is 8.97. The highest BCUT2D eigenvalue weighted by atomic mass is 32.2. The van der Waals surface area contributed by atoms with Crippen LogP contribution in [0, 0.1) is 10.1 Å². The minimum Gasteiger partial charge on any atom is -0.450 e. The SMILES string of the molecule is CN(C)C(=O)c1cccc(Oc2ccc(S(C)(=O)=O)cc2[N+](=O)[O-])c1.